The monoisotopic (exact) mass is 348 g/mol. The summed E-state index contributed by atoms with van der Waals surface area (Å²) in [5.41, 5.74) is 1.95. The van der Waals surface area contributed by atoms with E-state index in [-0.39, 0.29) is 17.4 Å². The van der Waals surface area contributed by atoms with Crippen molar-refractivity contribution in [3.63, 3.8) is 0 Å². The van der Waals surface area contributed by atoms with Crippen LogP contribution in [0.4, 0.5) is 0 Å². The molecule has 128 valence electrons. The summed E-state index contributed by atoms with van der Waals surface area (Å²) in [6.45, 7) is 2.40. The molecule has 3 rings (SSSR count). The van der Waals surface area contributed by atoms with E-state index in [1.807, 2.05) is 25.1 Å². The van der Waals surface area contributed by atoms with Gasteiger partial charge in [0.05, 0.1) is 25.2 Å². The highest BCUT2D eigenvalue weighted by Crippen LogP contribution is 2.34. The number of aryl methyl sites for hydroxylation is 1. The Labute approximate surface area is 142 Å². The first-order chi connectivity index (χ1) is 11.5. The SMILES string of the molecule is COc1cccc2c1CC(COS(=O)(=O)c1ccc(C)cc1)CO2. The fourth-order valence-corrected chi connectivity index (χ4v) is 3.67. The summed E-state index contributed by atoms with van der Waals surface area (Å²) in [7, 11) is -2.15. The average molecular weight is 348 g/mol. The molecule has 0 aromatic heterocycles. The molecule has 24 heavy (non-hydrogen) atoms. The van der Waals surface area contributed by atoms with E-state index in [0.717, 1.165) is 22.6 Å². The second-order valence-corrected chi connectivity index (χ2v) is 7.49. The lowest BCUT2D eigenvalue weighted by molar-refractivity contribution is 0.160. The summed E-state index contributed by atoms with van der Waals surface area (Å²) < 4.78 is 40.8. The maximum atomic E-state index is 12.3. The summed E-state index contributed by atoms with van der Waals surface area (Å²) in [5, 5.41) is 0. The largest absolute Gasteiger partial charge is 0.496 e. The summed E-state index contributed by atoms with van der Waals surface area (Å²) in [6, 6.07) is 12.2. The minimum Gasteiger partial charge on any atom is -0.496 e. The molecular weight excluding hydrogens is 328 g/mol. The number of rotatable bonds is 5. The average Bonchev–Trinajstić information content (AvgIpc) is 2.59. The van der Waals surface area contributed by atoms with Gasteiger partial charge in [-0.2, -0.15) is 8.42 Å². The number of fused-ring (bicyclic) bond motifs is 1. The lowest BCUT2D eigenvalue weighted by Gasteiger charge is -2.26. The van der Waals surface area contributed by atoms with Crippen LogP contribution in [0.25, 0.3) is 0 Å². The van der Waals surface area contributed by atoms with Crippen molar-refractivity contribution in [1.82, 2.24) is 0 Å². The van der Waals surface area contributed by atoms with Crippen molar-refractivity contribution in [3.8, 4) is 11.5 Å². The Morgan fingerprint density at radius 3 is 2.62 bits per heavy atom. The second kappa shape index (κ2) is 6.83. The number of hydrogen-bond donors (Lipinski definition) is 0. The summed E-state index contributed by atoms with van der Waals surface area (Å²) in [5.74, 6) is 1.49. The van der Waals surface area contributed by atoms with Crippen LogP contribution in [0.2, 0.25) is 0 Å². The van der Waals surface area contributed by atoms with Crippen molar-refractivity contribution in [2.75, 3.05) is 20.3 Å². The van der Waals surface area contributed by atoms with E-state index < -0.39 is 10.1 Å². The lowest BCUT2D eigenvalue weighted by Crippen LogP contribution is -2.26. The van der Waals surface area contributed by atoms with Crippen molar-refractivity contribution >= 4 is 10.1 Å². The van der Waals surface area contributed by atoms with Crippen molar-refractivity contribution in [3.05, 3.63) is 53.6 Å². The zero-order valence-corrected chi connectivity index (χ0v) is 14.5. The highest BCUT2D eigenvalue weighted by atomic mass is 32.2. The van der Waals surface area contributed by atoms with Crippen LogP contribution >= 0.6 is 0 Å². The highest BCUT2D eigenvalue weighted by Gasteiger charge is 2.25. The minimum absolute atomic E-state index is 0.0472. The van der Waals surface area contributed by atoms with Crippen LogP contribution in [-0.2, 0) is 20.7 Å². The molecule has 6 heteroatoms. The van der Waals surface area contributed by atoms with Gasteiger partial charge in [-0.05, 0) is 37.6 Å². The van der Waals surface area contributed by atoms with Gasteiger partial charge in [0.2, 0.25) is 0 Å². The molecule has 1 aliphatic heterocycles. The number of methoxy groups -OCH3 is 1. The van der Waals surface area contributed by atoms with Gasteiger partial charge in [0.15, 0.2) is 0 Å². The molecule has 0 N–H and O–H groups in total. The predicted molar refractivity (Wildman–Crippen MR) is 90.0 cm³/mol. The Morgan fingerprint density at radius 1 is 1.17 bits per heavy atom. The predicted octanol–water partition coefficient (Wildman–Crippen LogP) is 2.96. The fraction of sp³-hybridized carbons (Fsp3) is 0.333. The Morgan fingerprint density at radius 2 is 1.92 bits per heavy atom. The second-order valence-electron chi connectivity index (χ2n) is 5.87. The smallest absolute Gasteiger partial charge is 0.296 e. The third-order valence-electron chi connectivity index (χ3n) is 4.05. The van der Waals surface area contributed by atoms with Crippen molar-refractivity contribution in [1.29, 1.82) is 0 Å². The van der Waals surface area contributed by atoms with Crippen LogP contribution in [-0.4, -0.2) is 28.7 Å². The summed E-state index contributed by atoms with van der Waals surface area (Å²) in [4.78, 5) is 0.169. The molecule has 1 atom stereocenters. The van der Waals surface area contributed by atoms with E-state index in [1.165, 1.54) is 0 Å². The molecule has 0 saturated heterocycles. The van der Waals surface area contributed by atoms with Gasteiger partial charge in [-0.3, -0.25) is 4.18 Å². The van der Waals surface area contributed by atoms with Crippen LogP contribution in [0.3, 0.4) is 0 Å². The van der Waals surface area contributed by atoms with Gasteiger partial charge in [-0.25, -0.2) is 0 Å². The van der Waals surface area contributed by atoms with E-state index in [2.05, 4.69) is 0 Å². The third-order valence-corrected chi connectivity index (χ3v) is 5.34. The minimum atomic E-state index is -3.76. The summed E-state index contributed by atoms with van der Waals surface area (Å²) >= 11 is 0. The van der Waals surface area contributed by atoms with Gasteiger partial charge in [0.1, 0.15) is 11.5 Å². The number of hydrogen-bond acceptors (Lipinski definition) is 5. The molecule has 2 aromatic rings. The van der Waals surface area contributed by atoms with Crippen LogP contribution in [0.5, 0.6) is 11.5 Å². The Hall–Kier alpha value is -2.05. The fourth-order valence-electron chi connectivity index (χ4n) is 2.69. The van der Waals surface area contributed by atoms with Gasteiger partial charge < -0.3 is 9.47 Å². The molecule has 0 saturated carbocycles. The van der Waals surface area contributed by atoms with Crippen LogP contribution in [0.1, 0.15) is 11.1 Å². The highest BCUT2D eigenvalue weighted by molar-refractivity contribution is 7.86. The maximum Gasteiger partial charge on any atom is 0.296 e. The van der Waals surface area contributed by atoms with Crippen LogP contribution in [0.15, 0.2) is 47.4 Å². The van der Waals surface area contributed by atoms with Gasteiger partial charge in [-0.1, -0.05) is 23.8 Å². The zero-order chi connectivity index (χ0) is 17.2. The van der Waals surface area contributed by atoms with E-state index in [4.69, 9.17) is 13.7 Å². The molecule has 0 fully saturated rings. The molecule has 0 amide bonds. The molecule has 1 aliphatic rings. The van der Waals surface area contributed by atoms with E-state index >= 15 is 0 Å². The molecule has 1 heterocycles. The van der Waals surface area contributed by atoms with Gasteiger partial charge in [0, 0.05) is 11.5 Å². The van der Waals surface area contributed by atoms with E-state index in [1.54, 1.807) is 31.4 Å². The van der Waals surface area contributed by atoms with Gasteiger partial charge >= 0.3 is 0 Å². The first-order valence-electron chi connectivity index (χ1n) is 7.74. The Bertz CT molecular complexity index is 798. The molecule has 0 aliphatic carbocycles. The molecule has 0 radical (unpaired) electrons. The van der Waals surface area contributed by atoms with Gasteiger partial charge in [0.25, 0.3) is 10.1 Å². The molecule has 5 nitrogen and oxygen atoms in total. The summed E-state index contributed by atoms with van der Waals surface area (Å²) in [6.07, 6.45) is 0.656. The maximum absolute atomic E-state index is 12.3. The van der Waals surface area contributed by atoms with Crippen LogP contribution < -0.4 is 9.47 Å². The van der Waals surface area contributed by atoms with Crippen molar-refractivity contribution < 1.29 is 22.1 Å². The quantitative estimate of drug-likeness (QED) is 0.778. The lowest BCUT2D eigenvalue weighted by atomic mass is 9.97. The van der Waals surface area contributed by atoms with Gasteiger partial charge in [-0.15, -0.1) is 0 Å². The third kappa shape index (κ3) is 3.55. The Balaban J connectivity index is 1.68. The first kappa shape index (κ1) is 16.8. The van der Waals surface area contributed by atoms with E-state index in [9.17, 15) is 8.42 Å². The van der Waals surface area contributed by atoms with Crippen LogP contribution in [0, 0.1) is 12.8 Å². The molecule has 0 spiro atoms. The standard InChI is InChI=1S/C18H20O5S/c1-13-6-8-15(9-7-13)24(19,20)23-12-14-10-16-17(21-2)4-3-5-18(16)22-11-14/h3-9,14H,10-12H2,1-2H3. The van der Waals surface area contributed by atoms with E-state index in [0.29, 0.717) is 13.0 Å². The molecule has 2 aromatic carbocycles. The number of benzene rings is 2. The molecular formula is C18H20O5S. The number of ether oxygens (including phenoxy) is 2. The Kier molecular flexibility index (Phi) is 4.78. The molecule has 1 unspecified atom stereocenters. The normalized spacial score (nSPS) is 17.0. The van der Waals surface area contributed by atoms with Crippen molar-refractivity contribution in [2.45, 2.75) is 18.2 Å². The van der Waals surface area contributed by atoms with Crippen molar-refractivity contribution in [2.24, 2.45) is 5.92 Å². The molecule has 0 bridgehead atoms. The zero-order valence-electron chi connectivity index (χ0n) is 13.7. The topological polar surface area (TPSA) is 61.8 Å². The first-order valence-corrected chi connectivity index (χ1v) is 9.15.